The molecule has 2 amide bonds. The molecule has 2 heterocycles. The summed E-state index contributed by atoms with van der Waals surface area (Å²) in [5.41, 5.74) is 1.08. The van der Waals surface area contributed by atoms with E-state index in [-0.39, 0.29) is 17.6 Å². The van der Waals surface area contributed by atoms with E-state index in [1.165, 1.54) is 28.4 Å². The molecule has 1 saturated heterocycles. The standard InChI is InChI=1S/C16H16N4O3S3/c21-12(17-6-7-20-14(22)10-26-16(20)24)9-25-15-19-18-13(23-15)8-11-4-2-1-3-5-11/h1-5H,6-10H2,(H,17,21). The lowest BCUT2D eigenvalue weighted by atomic mass is 10.2. The lowest BCUT2D eigenvalue weighted by molar-refractivity contribution is -0.124. The van der Waals surface area contributed by atoms with Gasteiger partial charge in [-0.1, -0.05) is 66.1 Å². The minimum absolute atomic E-state index is 0.0135. The van der Waals surface area contributed by atoms with Crippen molar-refractivity contribution in [2.45, 2.75) is 11.6 Å². The zero-order valence-corrected chi connectivity index (χ0v) is 16.2. The predicted molar refractivity (Wildman–Crippen MR) is 104 cm³/mol. The largest absolute Gasteiger partial charge is 0.416 e. The third-order valence-corrected chi connectivity index (χ3v) is 5.72. The Balaban J connectivity index is 1.38. The van der Waals surface area contributed by atoms with Crippen LogP contribution in [0.5, 0.6) is 0 Å². The van der Waals surface area contributed by atoms with E-state index < -0.39 is 0 Å². The van der Waals surface area contributed by atoms with Crippen LogP contribution >= 0.6 is 35.7 Å². The molecule has 26 heavy (non-hydrogen) atoms. The molecule has 0 atom stereocenters. The minimum atomic E-state index is -0.164. The van der Waals surface area contributed by atoms with Crippen LogP contribution in [-0.2, 0) is 16.0 Å². The summed E-state index contributed by atoms with van der Waals surface area (Å²) >= 11 is 7.61. The van der Waals surface area contributed by atoms with Gasteiger partial charge in [0.15, 0.2) is 0 Å². The van der Waals surface area contributed by atoms with Gasteiger partial charge in [0.25, 0.3) is 5.22 Å². The predicted octanol–water partition coefficient (Wildman–Crippen LogP) is 1.73. The molecule has 2 aromatic rings. The Morgan fingerprint density at radius 1 is 1.35 bits per heavy atom. The van der Waals surface area contributed by atoms with Gasteiger partial charge in [0, 0.05) is 13.1 Å². The van der Waals surface area contributed by atoms with Crippen molar-refractivity contribution in [3.05, 3.63) is 41.8 Å². The Morgan fingerprint density at radius 3 is 2.88 bits per heavy atom. The van der Waals surface area contributed by atoms with Crippen LogP contribution < -0.4 is 5.32 Å². The van der Waals surface area contributed by atoms with Gasteiger partial charge in [-0.05, 0) is 5.56 Å². The highest BCUT2D eigenvalue weighted by Crippen LogP contribution is 2.19. The smallest absolute Gasteiger partial charge is 0.277 e. The lowest BCUT2D eigenvalue weighted by Crippen LogP contribution is -2.37. The molecular weight excluding hydrogens is 392 g/mol. The number of hydrogen-bond donors (Lipinski definition) is 1. The number of carbonyl (C=O) groups excluding carboxylic acids is 2. The maximum atomic E-state index is 11.9. The molecule has 0 saturated carbocycles. The van der Waals surface area contributed by atoms with Gasteiger partial charge >= 0.3 is 0 Å². The molecule has 0 spiro atoms. The van der Waals surface area contributed by atoms with Crippen molar-refractivity contribution in [2.24, 2.45) is 0 Å². The van der Waals surface area contributed by atoms with E-state index in [1.807, 2.05) is 30.3 Å². The molecule has 1 aliphatic rings. The Hall–Kier alpha value is -1.91. The molecule has 1 fully saturated rings. The van der Waals surface area contributed by atoms with Crippen molar-refractivity contribution in [3.8, 4) is 0 Å². The maximum absolute atomic E-state index is 11.9. The summed E-state index contributed by atoms with van der Waals surface area (Å²) < 4.78 is 6.11. The summed E-state index contributed by atoms with van der Waals surface area (Å²) in [6.07, 6.45) is 0.558. The van der Waals surface area contributed by atoms with E-state index in [0.29, 0.717) is 40.7 Å². The Morgan fingerprint density at radius 2 is 2.15 bits per heavy atom. The molecule has 1 aliphatic heterocycles. The Kier molecular flexibility index (Phi) is 6.64. The molecule has 1 aromatic heterocycles. The molecule has 3 rings (SSSR count). The van der Waals surface area contributed by atoms with Crippen LogP contribution in [0.3, 0.4) is 0 Å². The van der Waals surface area contributed by atoms with Crippen molar-refractivity contribution in [3.63, 3.8) is 0 Å². The molecule has 0 aliphatic carbocycles. The van der Waals surface area contributed by atoms with E-state index in [9.17, 15) is 9.59 Å². The summed E-state index contributed by atoms with van der Waals surface area (Å²) in [6, 6.07) is 9.82. The quantitative estimate of drug-likeness (QED) is 0.522. The second-order valence-corrected chi connectivity index (χ2v) is 7.90. The highest BCUT2D eigenvalue weighted by molar-refractivity contribution is 8.23. The number of benzene rings is 1. The van der Waals surface area contributed by atoms with Crippen LogP contribution in [0.2, 0.25) is 0 Å². The molecule has 0 bridgehead atoms. The monoisotopic (exact) mass is 408 g/mol. The van der Waals surface area contributed by atoms with Crippen LogP contribution in [0.1, 0.15) is 11.5 Å². The fraction of sp³-hybridized carbons (Fsp3) is 0.312. The van der Waals surface area contributed by atoms with Crippen LogP contribution in [0.15, 0.2) is 40.0 Å². The summed E-state index contributed by atoms with van der Waals surface area (Å²) in [6.45, 7) is 0.748. The first kappa shape index (κ1) is 18.9. The fourth-order valence-electron chi connectivity index (χ4n) is 2.22. The van der Waals surface area contributed by atoms with Crippen LogP contribution in [0.25, 0.3) is 0 Å². The van der Waals surface area contributed by atoms with Gasteiger partial charge in [0.2, 0.25) is 17.7 Å². The number of carbonyl (C=O) groups is 2. The van der Waals surface area contributed by atoms with Gasteiger partial charge < -0.3 is 9.73 Å². The van der Waals surface area contributed by atoms with E-state index in [1.54, 1.807) is 0 Å². The van der Waals surface area contributed by atoms with Gasteiger partial charge in [-0.2, -0.15) is 0 Å². The number of nitrogens with one attached hydrogen (secondary N) is 1. The van der Waals surface area contributed by atoms with Gasteiger partial charge in [0.1, 0.15) is 4.32 Å². The fourth-order valence-corrected chi connectivity index (χ4v) is 3.95. The van der Waals surface area contributed by atoms with Gasteiger partial charge in [0.05, 0.1) is 17.9 Å². The van der Waals surface area contributed by atoms with Crippen molar-refractivity contribution >= 4 is 51.9 Å². The normalized spacial score (nSPS) is 14.1. The highest BCUT2D eigenvalue weighted by Gasteiger charge is 2.25. The SMILES string of the molecule is O=C(CSc1nnc(Cc2ccccc2)o1)NCCN1C(=O)CSC1=S. The van der Waals surface area contributed by atoms with Crippen molar-refractivity contribution < 1.29 is 14.0 Å². The number of amides is 2. The zero-order valence-electron chi connectivity index (χ0n) is 13.7. The minimum Gasteiger partial charge on any atom is -0.416 e. The molecule has 1 N–H and O–H groups in total. The van der Waals surface area contributed by atoms with Gasteiger partial charge in [-0.25, -0.2) is 0 Å². The van der Waals surface area contributed by atoms with Crippen molar-refractivity contribution in [1.82, 2.24) is 20.4 Å². The second kappa shape index (κ2) is 9.15. The number of nitrogens with zero attached hydrogens (tertiary/aromatic N) is 3. The first-order chi connectivity index (χ1) is 12.6. The molecule has 136 valence electrons. The average molecular weight is 409 g/mol. The molecule has 0 unspecified atom stereocenters. The Bertz CT molecular complexity index is 781. The first-order valence-electron chi connectivity index (χ1n) is 7.85. The third kappa shape index (κ3) is 5.29. The third-order valence-electron chi connectivity index (χ3n) is 3.47. The maximum Gasteiger partial charge on any atom is 0.277 e. The zero-order chi connectivity index (χ0) is 18.4. The topological polar surface area (TPSA) is 88.3 Å². The van der Waals surface area contributed by atoms with Crippen LogP contribution in [-0.4, -0.2) is 55.8 Å². The molecule has 0 radical (unpaired) electrons. The summed E-state index contributed by atoms with van der Waals surface area (Å²) in [5, 5.41) is 11.0. The summed E-state index contributed by atoms with van der Waals surface area (Å²) in [4.78, 5) is 25.0. The van der Waals surface area contributed by atoms with E-state index >= 15 is 0 Å². The van der Waals surface area contributed by atoms with Crippen LogP contribution in [0, 0.1) is 0 Å². The number of hydrogen-bond acceptors (Lipinski definition) is 8. The first-order valence-corrected chi connectivity index (χ1v) is 10.2. The van der Waals surface area contributed by atoms with E-state index in [0.717, 1.165) is 5.56 Å². The molecule has 10 heteroatoms. The highest BCUT2D eigenvalue weighted by atomic mass is 32.2. The number of rotatable bonds is 8. The van der Waals surface area contributed by atoms with E-state index in [4.69, 9.17) is 16.6 Å². The second-order valence-electron chi connectivity index (χ2n) is 5.36. The number of aromatic nitrogens is 2. The average Bonchev–Trinajstić information content (AvgIpc) is 3.22. The molecule has 7 nitrogen and oxygen atoms in total. The Labute approximate surface area is 164 Å². The van der Waals surface area contributed by atoms with Gasteiger partial charge in [-0.3, -0.25) is 14.5 Å². The number of thiocarbonyl (C=S) groups is 1. The lowest BCUT2D eigenvalue weighted by Gasteiger charge is -2.14. The summed E-state index contributed by atoms with van der Waals surface area (Å²) in [7, 11) is 0. The number of thioether (sulfide) groups is 2. The van der Waals surface area contributed by atoms with E-state index in [2.05, 4.69) is 15.5 Å². The van der Waals surface area contributed by atoms with Crippen molar-refractivity contribution in [1.29, 1.82) is 0 Å². The molecule has 1 aromatic carbocycles. The summed E-state index contributed by atoms with van der Waals surface area (Å²) in [5.74, 6) is 0.881. The van der Waals surface area contributed by atoms with Crippen molar-refractivity contribution in [2.75, 3.05) is 24.6 Å². The molecular formula is C16H16N4O3S3. The van der Waals surface area contributed by atoms with Gasteiger partial charge in [-0.15, -0.1) is 10.2 Å². The van der Waals surface area contributed by atoms with Crippen LogP contribution in [0.4, 0.5) is 0 Å².